The van der Waals surface area contributed by atoms with Gasteiger partial charge in [-0.05, 0) is 18.6 Å². The molecule has 8 nitrogen and oxygen atoms in total. The fraction of sp³-hybridized carbons (Fsp3) is 0.538. The molecule has 0 aromatic carbocycles. The number of allylic oxidation sites excluding steroid dienone is 1. The van der Waals surface area contributed by atoms with Crippen LogP contribution in [0.3, 0.4) is 0 Å². The third kappa shape index (κ3) is 6.00. The number of quaternary nitrogens is 2. The first-order valence-corrected chi connectivity index (χ1v) is 13.7. The van der Waals surface area contributed by atoms with Crippen LogP contribution in [0.15, 0.2) is 60.7 Å². The first-order chi connectivity index (χ1) is 16.8. The van der Waals surface area contributed by atoms with Gasteiger partial charge in [0.15, 0.2) is 0 Å². The van der Waals surface area contributed by atoms with Crippen LogP contribution in [0, 0.1) is 0 Å². The van der Waals surface area contributed by atoms with Crippen LogP contribution < -0.4 is 9.80 Å². The molecule has 0 spiro atoms. The van der Waals surface area contributed by atoms with Crippen molar-refractivity contribution in [1.82, 2.24) is 19.9 Å². The molecule has 1 aliphatic carbocycles. The number of hydrogen-bond donors (Lipinski definition) is 0. The van der Waals surface area contributed by atoms with Gasteiger partial charge in [-0.1, -0.05) is 40.8 Å². The lowest BCUT2D eigenvalue weighted by Gasteiger charge is -2.46. The monoisotopic (exact) mass is 588 g/mol. The van der Waals surface area contributed by atoms with E-state index in [4.69, 9.17) is 0 Å². The zero-order valence-corrected chi connectivity index (χ0v) is 23.1. The summed E-state index contributed by atoms with van der Waals surface area (Å²) in [6, 6.07) is 3.76. The first-order valence-electron chi connectivity index (χ1n) is 12.6. The molecule has 2 aromatic heterocycles. The molecule has 0 amide bonds. The van der Waals surface area contributed by atoms with Crippen molar-refractivity contribution in [1.29, 1.82) is 0 Å². The van der Waals surface area contributed by atoms with Gasteiger partial charge in [-0.25, -0.2) is 19.9 Å². The molecule has 35 heavy (non-hydrogen) atoms. The fourth-order valence-electron chi connectivity index (χ4n) is 5.52. The van der Waals surface area contributed by atoms with Crippen LogP contribution in [0.2, 0.25) is 0 Å². The zero-order valence-electron chi connectivity index (χ0n) is 20.9. The van der Waals surface area contributed by atoms with Gasteiger partial charge in [0.1, 0.15) is 6.54 Å². The summed E-state index contributed by atoms with van der Waals surface area (Å²) in [6.07, 6.45) is 15.8. The summed E-state index contributed by atoms with van der Waals surface area (Å²) in [5, 5.41) is 0. The van der Waals surface area contributed by atoms with Crippen molar-refractivity contribution in [2.24, 2.45) is 0 Å². The summed E-state index contributed by atoms with van der Waals surface area (Å²) in [5.41, 5.74) is 1.48. The molecule has 2 saturated heterocycles. The molecular weight excluding hydrogens is 551 g/mol. The Morgan fingerprint density at radius 1 is 0.800 bits per heavy atom. The molecule has 0 radical (unpaired) electrons. The van der Waals surface area contributed by atoms with Crippen LogP contribution in [0.4, 0.5) is 11.9 Å². The van der Waals surface area contributed by atoms with Gasteiger partial charge in [-0.2, -0.15) is 0 Å². The molecule has 0 N–H and O–H groups in total. The van der Waals surface area contributed by atoms with Crippen molar-refractivity contribution in [3.63, 3.8) is 0 Å². The van der Waals surface area contributed by atoms with Crippen LogP contribution >= 0.6 is 22.6 Å². The van der Waals surface area contributed by atoms with E-state index < -0.39 is 0 Å². The van der Waals surface area contributed by atoms with Crippen molar-refractivity contribution in [2.75, 3.05) is 89.3 Å². The highest BCUT2D eigenvalue weighted by atomic mass is 127. The summed E-state index contributed by atoms with van der Waals surface area (Å²) in [5.74, 6) is 1.72. The third-order valence-electron chi connectivity index (χ3n) is 7.82. The van der Waals surface area contributed by atoms with E-state index in [1.165, 1.54) is 5.57 Å². The average Bonchev–Trinajstić information content (AvgIpc) is 2.87. The van der Waals surface area contributed by atoms with Crippen LogP contribution in [-0.4, -0.2) is 112 Å². The van der Waals surface area contributed by atoms with Gasteiger partial charge in [0, 0.05) is 30.4 Å². The van der Waals surface area contributed by atoms with Crippen LogP contribution in [-0.2, 0) is 0 Å². The largest absolute Gasteiger partial charge is 0.330 e. The Bertz CT molecular complexity index is 1040. The van der Waals surface area contributed by atoms with E-state index in [1.807, 2.05) is 36.9 Å². The minimum atomic E-state index is 0.184. The Morgan fingerprint density at radius 2 is 1.29 bits per heavy atom. The van der Waals surface area contributed by atoms with Gasteiger partial charge in [0.2, 0.25) is 11.9 Å². The van der Waals surface area contributed by atoms with Gasteiger partial charge >= 0.3 is 0 Å². The minimum absolute atomic E-state index is 0.184. The lowest BCUT2D eigenvalue weighted by molar-refractivity contribution is -0.910. The van der Waals surface area contributed by atoms with E-state index in [-0.39, 0.29) is 3.42 Å². The molecule has 2 aromatic rings. The molecular formula is C26H37IN8+2. The molecule has 9 heteroatoms. The second kappa shape index (κ2) is 10.1. The average molecular weight is 589 g/mol. The molecule has 186 valence electrons. The summed E-state index contributed by atoms with van der Waals surface area (Å²) >= 11 is 2.70. The second-order valence-corrected chi connectivity index (χ2v) is 13.0. The maximum absolute atomic E-state index is 4.44. The molecule has 1 unspecified atom stereocenters. The van der Waals surface area contributed by atoms with Crippen molar-refractivity contribution in [2.45, 2.75) is 9.84 Å². The fourth-order valence-corrected chi connectivity index (χ4v) is 6.75. The molecule has 3 aliphatic rings. The zero-order chi connectivity index (χ0) is 24.4. The highest BCUT2D eigenvalue weighted by Crippen LogP contribution is 2.34. The Hall–Kier alpha value is -2.11. The SMILES string of the molecule is C[N+]1(CC2=CCC(I)(C[N+]3(C)CCN(c4ncccn4)CC3)C=C2)CCN(c2ncccn2)CC1. The quantitative estimate of drug-likeness (QED) is 0.294. The number of nitrogens with zero attached hydrogens (tertiary/aromatic N) is 8. The van der Waals surface area contributed by atoms with Crippen molar-refractivity contribution in [3.05, 3.63) is 60.7 Å². The normalized spacial score (nSPS) is 25.9. The van der Waals surface area contributed by atoms with Gasteiger partial charge in [-0.3, -0.25) is 0 Å². The van der Waals surface area contributed by atoms with Gasteiger partial charge in [-0.15, -0.1) is 0 Å². The lowest BCUT2D eigenvalue weighted by Crippen LogP contribution is -2.61. The number of aromatic nitrogens is 4. The smallest absolute Gasteiger partial charge is 0.225 e. The van der Waals surface area contributed by atoms with Crippen LogP contribution in [0.1, 0.15) is 6.42 Å². The Balaban J connectivity index is 1.12. The van der Waals surface area contributed by atoms with Crippen molar-refractivity contribution in [3.8, 4) is 0 Å². The molecule has 0 bridgehead atoms. The topological polar surface area (TPSA) is 58.0 Å². The maximum atomic E-state index is 4.44. The Labute approximate surface area is 222 Å². The third-order valence-corrected chi connectivity index (χ3v) is 8.96. The lowest BCUT2D eigenvalue weighted by atomic mass is 9.94. The highest BCUT2D eigenvalue weighted by Gasteiger charge is 2.39. The number of rotatable bonds is 6. The molecule has 4 heterocycles. The summed E-state index contributed by atoms with van der Waals surface area (Å²) in [4.78, 5) is 22.4. The summed E-state index contributed by atoms with van der Waals surface area (Å²) in [6.45, 7) is 10.8. The van der Waals surface area contributed by atoms with E-state index in [2.05, 4.69) is 84.7 Å². The molecule has 1 atom stereocenters. The van der Waals surface area contributed by atoms with E-state index >= 15 is 0 Å². The van der Waals surface area contributed by atoms with E-state index in [0.29, 0.717) is 0 Å². The first kappa shape index (κ1) is 24.6. The van der Waals surface area contributed by atoms with Gasteiger partial charge in [0.05, 0.1) is 76.4 Å². The molecule has 2 aliphatic heterocycles. The predicted octanol–water partition coefficient (Wildman–Crippen LogP) is 2.56. The highest BCUT2D eigenvalue weighted by molar-refractivity contribution is 14.1. The number of anilines is 2. The molecule has 2 fully saturated rings. The standard InChI is InChI=1S/C26H37IN8/c1-34(17-13-32(14-18-34)24-28-9-3-10-29-24)21-23-5-7-26(27,8-6-23)22-35(2)19-15-33(16-20-35)25-30-11-4-12-31-25/h3-7,9-12H,8,13-22H2,1-2H3/q+2. The maximum Gasteiger partial charge on any atom is 0.225 e. The number of piperazine rings is 2. The predicted molar refractivity (Wildman–Crippen MR) is 149 cm³/mol. The second-order valence-electron chi connectivity index (χ2n) is 10.9. The van der Waals surface area contributed by atoms with Crippen molar-refractivity contribution < 1.29 is 8.97 Å². The van der Waals surface area contributed by atoms with Crippen LogP contribution in [0.25, 0.3) is 0 Å². The van der Waals surface area contributed by atoms with E-state index in [0.717, 1.165) is 92.7 Å². The van der Waals surface area contributed by atoms with E-state index in [9.17, 15) is 0 Å². The number of hydrogen-bond acceptors (Lipinski definition) is 6. The molecule has 5 rings (SSSR count). The Kier molecular flexibility index (Phi) is 7.09. The summed E-state index contributed by atoms with van der Waals surface area (Å²) < 4.78 is 2.37. The van der Waals surface area contributed by atoms with E-state index in [1.54, 1.807) is 0 Å². The summed E-state index contributed by atoms with van der Waals surface area (Å²) in [7, 11) is 4.81. The van der Waals surface area contributed by atoms with Gasteiger partial charge in [0.25, 0.3) is 0 Å². The number of halogens is 1. The Morgan fingerprint density at radius 3 is 1.74 bits per heavy atom. The minimum Gasteiger partial charge on any atom is -0.330 e. The molecule has 0 saturated carbocycles. The van der Waals surface area contributed by atoms with Crippen molar-refractivity contribution >= 4 is 34.5 Å². The van der Waals surface area contributed by atoms with Gasteiger partial charge < -0.3 is 18.8 Å². The number of alkyl halides is 1. The van der Waals surface area contributed by atoms with Crippen LogP contribution in [0.5, 0.6) is 0 Å². The number of likely N-dealkylation sites (N-methyl/N-ethyl adjacent to an activating group) is 2.